The van der Waals surface area contributed by atoms with Crippen molar-refractivity contribution in [2.75, 3.05) is 19.6 Å². The van der Waals surface area contributed by atoms with Gasteiger partial charge in [0.05, 0.1) is 0 Å². The fraction of sp³-hybridized carbons (Fsp3) is 0.591. The predicted molar refractivity (Wildman–Crippen MR) is 105 cm³/mol. The Morgan fingerprint density at radius 3 is 2.62 bits per heavy atom. The maximum atomic E-state index is 13.3. The van der Waals surface area contributed by atoms with Gasteiger partial charge in [0.25, 0.3) is 0 Å². The molecule has 4 heteroatoms. The maximum absolute atomic E-state index is 13.3. The van der Waals surface area contributed by atoms with Crippen LogP contribution in [0.4, 0.5) is 0 Å². The summed E-state index contributed by atoms with van der Waals surface area (Å²) in [7, 11) is 0. The Labute approximate surface area is 161 Å². The van der Waals surface area contributed by atoms with E-state index in [1.165, 1.54) is 38.8 Å². The van der Waals surface area contributed by atoms with E-state index in [1.807, 2.05) is 24.3 Å². The molecule has 4 atom stereocenters. The zero-order valence-electron chi connectivity index (χ0n) is 15.2. The molecule has 5 rings (SSSR count). The number of amides is 1. The van der Waals surface area contributed by atoms with Gasteiger partial charge in [0.1, 0.15) is 0 Å². The minimum Gasteiger partial charge on any atom is -0.335 e. The van der Waals surface area contributed by atoms with E-state index in [0.29, 0.717) is 17.9 Å². The lowest BCUT2D eigenvalue weighted by Gasteiger charge is -2.58. The van der Waals surface area contributed by atoms with Gasteiger partial charge in [-0.1, -0.05) is 23.7 Å². The summed E-state index contributed by atoms with van der Waals surface area (Å²) < 4.78 is 0. The van der Waals surface area contributed by atoms with Crippen LogP contribution in [0.2, 0.25) is 5.02 Å². The van der Waals surface area contributed by atoms with Gasteiger partial charge in [0.2, 0.25) is 5.91 Å². The van der Waals surface area contributed by atoms with Crippen LogP contribution in [-0.4, -0.2) is 47.4 Å². The molecule has 4 aliphatic heterocycles. The molecule has 0 radical (unpaired) electrons. The molecular weight excluding hydrogens is 344 g/mol. The van der Waals surface area contributed by atoms with Crippen LogP contribution in [0, 0.1) is 11.8 Å². The Balaban J connectivity index is 1.41. The maximum Gasteiger partial charge on any atom is 0.250 e. The molecule has 1 amide bonds. The number of carbonyl (C=O) groups excluding carboxylic acids is 1. The second-order valence-corrected chi connectivity index (χ2v) is 8.96. The van der Waals surface area contributed by atoms with Gasteiger partial charge in [-0.2, -0.15) is 0 Å². The Morgan fingerprint density at radius 1 is 1.04 bits per heavy atom. The van der Waals surface area contributed by atoms with E-state index in [1.54, 1.807) is 0 Å². The number of fused-ring (bicyclic) bond motifs is 2. The van der Waals surface area contributed by atoms with Crippen LogP contribution in [0.25, 0.3) is 6.08 Å². The molecule has 4 saturated heterocycles. The van der Waals surface area contributed by atoms with Crippen molar-refractivity contribution in [3.05, 3.63) is 40.4 Å². The SMILES string of the molecule is O=C1/C(=C/c2ccc(Cl)cc2)CC[C@@H]2[C@H]3CCCN4CCC[C@@H](CN12)[C@@H]34. The molecule has 26 heavy (non-hydrogen) atoms. The molecule has 0 unspecified atom stereocenters. The van der Waals surface area contributed by atoms with Crippen molar-refractivity contribution in [3.63, 3.8) is 0 Å². The van der Waals surface area contributed by atoms with E-state index in [0.717, 1.165) is 41.6 Å². The van der Waals surface area contributed by atoms with Crippen molar-refractivity contribution >= 4 is 23.6 Å². The number of rotatable bonds is 1. The molecule has 1 aromatic rings. The summed E-state index contributed by atoms with van der Waals surface area (Å²) in [5.41, 5.74) is 2.05. The highest BCUT2D eigenvalue weighted by Gasteiger charge is 2.51. The predicted octanol–water partition coefficient (Wildman–Crippen LogP) is 4.22. The largest absolute Gasteiger partial charge is 0.335 e. The van der Waals surface area contributed by atoms with Crippen LogP contribution in [0.5, 0.6) is 0 Å². The molecular formula is C22H27ClN2O. The Hall–Kier alpha value is -1.32. The van der Waals surface area contributed by atoms with Crippen molar-refractivity contribution in [2.24, 2.45) is 11.8 Å². The van der Waals surface area contributed by atoms with Crippen molar-refractivity contribution in [1.82, 2.24) is 9.80 Å². The standard InChI is InChI=1S/C22H27ClN2O/c23-18-8-5-15(6-9-18)13-16-7-10-20-19-4-2-12-24-11-1-3-17(21(19)24)14-25(20)22(16)26/h5-6,8-9,13,17,19-21H,1-4,7,10-12,14H2/b16-13+/t17-,19+,20+,21-/m0/s1. The molecule has 0 aliphatic carbocycles. The summed E-state index contributed by atoms with van der Waals surface area (Å²) >= 11 is 5.99. The molecule has 1 aromatic carbocycles. The van der Waals surface area contributed by atoms with E-state index in [4.69, 9.17) is 11.6 Å². The Kier molecular flexibility index (Phi) is 4.33. The fourth-order valence-corrected chi connectivity index (χ4v) is 6.21. The number of carbonyl (C=O) groups is 1. The smallest absolute Gasteiger partial charge is 0.250 e. The highest BCUT2D eigenvalue weighted by Crippen LogP contribution is 2.45. The number of hydrogen-bond acceptors (Lipinski definition) is 2. The quantitative estimate of drug-likeness (QED) is 0.691. The average Bonchev–Trinajstić information content (AvgIpc) is 2.67. The summed E-state index contributed by atoms with van der Waals surface area (Å²) in [6.07, 6.45) is 9.33. The number of benzene rings is 1. The topological polar surface area (TPSA) is 23.6 Å². The molecule has 0 saturated carbocycles. The lowest BCUT2D eigenvalue weighted by molar-refractivity contribution is -0.145. The van der Waals surface area contributed by atoms with E-state index in [2.05, 4.69) is 15.9 Å². The highest BCUT2D eigenvalue weighted by molar-refractivity contribution is 6.30. The summed E-state index contributed by atoms with van der Waals surface area (Å²) in [4.78, 5) is 18.3. The highest BCUT2D eigenvalue weighted by atomic mass is 35.5. The third-order valence-corrected chi connectivity index (χ3v) is 7.38. The monoisotopic (exact) mass is 370 g/mol. The third-order valence-electron chi connectivity index (χ3n) is 7.13. The molecule has 0 aromatic heterocycles. The van der Waals surface area contributed by atoms with Crippen LogP contribution >= 0.6 is 11.6 Å². The van der Waals surface area contributed by atoms with Crippen molar-refractivity contribution < 1.29 is 4.79 Å². The van der Waals surface area contributed by atoms with Gasteiger partial charge in [0, 0.05) is 29.2 Å². The molecule has 0 bridgehead atoms. The molecule has 3 nitrogen and oxygen atoms in total. The van der Waals surface area contributed by atoms with Crippen LogP contribution in [-0.2, 0) is 4.79 Å². The van der Waals surface area contributed by atoms with Gasteiger partial charge in [-0.05, 0) is 87.2 Å². The normalized spacial score (nSPS) is 36.0. The Morgan fingerprint density at radius 2 is 1.81 bits per heavy atom. The van der Waals surface area contributed by atoms with Gasteiger partial charge in [0.15, 0.2) is 0 Å². The average molecular weight is 371 g/mol. The van der Waals surface area contributed by atoms with Crippen LogP contribution in [0.1, 0.15) is 44.1 Å². The second-order valence-electron chi connectivity index (χ2n) is 8.52. The van der Waals surface area contributed by atoms with E-state index in [-0.39, 0.29) is 5.91 Å². The fourth-order valence-electron chi connectivity index (χ4n) is 6.09. The van der Waals surface area contributed by atoms with Crippen molar-refractivity contribution in [1.29, 1.82) is 0 Å². The van der Waals surface area contributed by atoms with Crippen molar-refractivity contribution in [2.45, 2.75) is 50.6 Å². The van der Waals surface area contributed by atoms with Crippen LogP contribution < -0.4 is 0 Å². The van der Waals surface area contributed by atoms with Crippen molar-refractivity contribution in [3.8, 4) is 0 Å². The first kappa shape index (κ1) is 16.8. The number of piperidine rings is 4. The molecule has 0 N–H and O–H groups in total. The molecule has 4 fully saturated rings. The van der Waals surface area contributed by atoms with E-state index in [9.17, 15) is 4.79 Å². The molecule has 138 valence electrons. The van der Waals surface area contributed by atoms with Gasteiger partial charge < -0.3 is 4.90 Å². The third kappa shape index (κ3) is 2.80. The van der Waals surface area contributed by atoms with Gasteiger partial charge >= 0.3 is 0 Å². The minimum absolute atomic E-state index is 0.289. The second kappa shape index (κ2) is 6.69. The molecule has 4 heterocycles. The lowest BCUT2D eigenvalue weighted by atomic mass is 9.67. The summed E-state index contributed by atoms with van der Waals surface area (Å²) in [5.74, 6) is 1.67. The number of nitrogens with zero attached hydrogens (tertiary/aromatic N) is 2. The zero-order chi connectivity index (χ0) is 17.7. The first-order chi connectivity index (χ1) is 12.7. The number of halogens is 1. The van der Waals surface area contributed by atoms with Gasteiger partial charge in [-0.15, -0.1) is 0 Å². The minimum atomic E-state index is 0.289. The van der Waals surface area contributed by atoms with E-state index < -0.39 is 0 Å². The first-order valence-corrected chi connectivity index (χ1v) is 10.6. The van der Waals surface area contributed by atoms with Gasteiger partial charge in [-0.3, -0.25) is 9.69 Å². The van der Waals surface area contributed by atoms with Crippen LogP contribution in [0.15, 0.2) is 29.8 Å². The summed E-state index contributed by atoms with van der Waals surface area (Å²) in [6.45, 7) is 3.53. The van der Waals surface area contributed by atoms with Crippen LogP contribution in [0.3, 0.4) is 0 Å². The first-order valence-electron chi connectivity index (χ1n) is 10.2. The molecule has 0 spiro atoms. The van der Waals surface area contributed by atoms with E-state index >= 15 is 0 Å². The summed E-state index contributed by atoms with van der Waals surface area (Å²) in [6, 6.07) is 9.00. The number of hydrogen-bond donors (Lipinski definition) is 0. The van der Waals surface area contributed by atoms with Gasteiger partial charge in [-0.25, -0.2) is 0 Å². The lowest BCUT2D eigenvalue weighted by Crippen LogP contribution is -2.66. The zero-order valence-corrected chi connectivity index (χ0v) is 16.0. The molecule has 4 aliphatic rings. The summed E-state index contributed by atoms with van der Waals surface area (Å²) in [5, 5.41) is 0.739. The Bertz CT molecular complexity index is 726.